The van der Waals surface area contributed by atoms with Crippen molar-refractivity contribution in [1.82, 2.24) is 15.4 Å². The van der Waals surface area contributed by atoms with Crippen LogP contribution in [0.5, 0.6) is 0 Å². The average molecular weight is 466 g/mol. The third-order valence-corrected chi connectivity index (χ3v) is 8.15. The number of carbonyl (C=O) groups is 2. The first-order chi connectivity index (χ1) is 14.6. The second-order valence-electron chi connectivity index (χ2n) is 7.21. The van der Waals surface area contributed by atoms with E-state index in [1.165, 1.54) is 31.3 Å². The molecule has 1 unspecified atom stereocenters. The number of hydrogen-bond donors (Lipinski definition) is 3. The lowest BCUT2D eigenvalue weighted by molar-refractivity contribution is 0.0948. The Morgan fingerprint density at radius 2 is 1.74 bits per heavy atom. The third kappa shape index (κ3) is 5.90. The molecular weight excluding hydrogens is 442 g/mol. The van der Waals surface area contributed by atoms with Gasteiger partial charge in [0.2, 0.25) is 10.0 Å². The first kappa shape index (κ1) is 22.9. The second-order valence-corrected chi connectivity index (χ2v) is 11.2. The van der Waals surface area contributed by atoms with Crippen LogP contribution in [0.15, 0.2) is 53.4 Å². The molecule has 1 atom stereocenters. The van der Waals surface area contributed by atoms with E-state index >= 15 is 0 Å². The van der Waals surface area contributed by atoms with Gasteiger partial charge >= 0.3 is 0 Å². The highest BCUT2D eigenvalue weighted by Crippen LogP contribution is 2.16. The normalized spacial score (nSPS) is 17.8. The molecule has 3 N–H and O–H groups in total. The van der Waals surface area contributed by atoms with E-state index in [0.29, 0.717) is 5.56 Å². The van der Waals surface area contributed by atoms with Crippen LogP contribution < -0.4 is 15.4 Å². The van der Waals surface area contributed by atoms with E-state index < -0.39 is 31.8 Å². The van der Waals surface area contributed by atoms with Crippen molar-refractivity contribution in [3.8, 4) is 0 Å². The number of nitrogens with one attached hydrogen (secondary N) is 3. The minimum atomic E-state index is -3.89. The molecule has 0 spiro atoms. The van der Waals surface area contributed by atoms with Crippen molar-refractivity contribution >= 4 is 31.7 Å². The van der Waals surface area contributed by atoms with Gasteiger partial charge in [-0.05, 0) is 48.4 Å². The average Bonchev–Trinajstić information content (AvgIpc) is 3.09. The summed E-state index contributed by atoms with van der Waals surface area (Å²) in [5, 5.41) is 5.26. The minimum absolute atomic E-state index is 0.0364. The Morgan fingerprint density at radius 3 is 2.35 bits per heavy atom. The molecule has 1 aliphatic heterocycles. The molecule has 31 heavy (non-hydrogen) atoms. The van der Waals surface area contributed by atoms with E-state index in [1.807, 2.05) is 0 Å². The molecule has 166 valence electrons. The SMILES string of the molecule is CNC(=O)c1cccc(CNC(=O)c2ccc(S(=O)(=O)NC3CCS(=O)(=O)C3)cc2)c1. The van der Waals surface area contributed by atoms with E-state index in [4.69, 9.17) is 0 Å². The largest absolute Gasteiger partial charge is 0.355 e. The van der Waals surface area contributed by atoms with Gasteiger partial charge in [-0.15, -0.1) is 0 Å². The zero-order valence-corrected chi connectivity index (χ0v) is 18.4. The molecule has 0 saturated carbocycles. The number of sulfonamides is 1. The number of amides is 2. The smallest absolute Gasteiger partial charge is 0.251 e. The maximum atomic E-state index is 12.5. The van der Waals surface area contributed by atoms with Gasteiger partial charge < -0.3 is 10.6 Å². The molecule has 0 aromatic heterocycles. The Hall–Kier alpha value is -2.76. The molecule has 0 bridgehead atoms. The quantitative estimate of drug-likeness (QED) is 0.542. The fourth-order valence-electron chi connectivity index (χ4n) is 3.21. The summed E-state index contributed by atoms with van der Waals surface area (Å²) in [6, 6.07) is 11.5. The molecule has 1 fully saturated rings. The standard InChI is InChI=1S/C20H23N3O6S2/c1-21-19(24)16-4-2-3-14(11-16)12-22-20(25)15-5-7-18(8-6-15)31(28,29)23-17-9-10-30(26,27)13-17/h2-8,11,17,23H,9-10,12-13H2,1H3,(H,21,24)(H,22,25). The van der Waals surface area contributed by atoms with E-state index in [-0.39, 0.29) is 40.8 Å². The van der Waals surface area contributed by atoms with Gasteiger partial charge in [-0.1, -0.05) is 12.1 Å². The first-order valence-corrected chi connectivity index (χ1v) is 12.8. The van der Waals surface area contributed by atoms with Crippen molar-refractivity contribution in [2.24, 2.45) is 0 Å². The van der Waals surface area contributed by atoms with Crippen LogP contribution in [0.3, 0.4) is 0 Å². The lowest BCUT2D eigenvalue weighted by Crippen LogP contribution is -2.35. The van der Waals surface area contributed by atoms with E-state index in [0.717, 1.165) is 5.56 Å². The van der Waals surface area contributed by atoms with E-state index in [9.17, 15) is 26.4 Å². The van der Waals surface area contributed by atoms with Gasteiger partial charge in [-0.25, -0.2) is 21.6 Å². The Labute approximate surface area is 181 Å². The maximum Gasteiger partial charge on any atom is 0.251 e. The highest BCUT2D eigenvalue weighted by Gasteiger charge is 2.31. The van der Waals surface area contributed by atoms with E-state index in [1.54, 1.807) is 24.3 Å². The van der Waals surface area contributed by atoms with Crippen molar-refractivity contribution < 1.29 is 26.4 Å². The Balaban J connectivity index is 1.62. The van der Waals surface area contributed by atoms with Gasteiger partial charge in [-0.2, -0.15) is 0 Å². The number of rotatable bonds is 7. The van der Waals surface area contributed by atoms with Crippen LogP contribution in [0.1, 0.15) is 32.7 Å². The van der Waals surface area contributed by atoms with Gasteiger partial charge in [0.05, 0.1) is 16.4 Å². The summed E-state index contributed by atoms with van der Waals surface area (Å²) in [6.07, 6.45) is 0.239. The fraction of sp³-hybridized carbons (Fsp3) is 0.300. The molecule has 2 aromatic carbocycles. The van der Waals surface area contributed by atoms with E-state index in [2.05, 4.69) is 15.4 Å². The summed E-state index contributed by atoms with van der Waals surface area (Å²) in [5.41, 5.74) is 1.49. The molecular formula is C20H23N3O6S2. The molecule has 2 amide bonds. The van der Waals surface area contributed by atoms with Crippen molar-refractivity contribution in [3.05, 3.63) is 65.2 Å². The summed E-state index contributed by atoms with van der Waals surface area (Å²) >= 11 is 0. The van der Waals surface area contributed by atoms with Gasteiger partial charge in [0.1, 0.15) is 0 Å². The molecule has 1 saturated heterocycles. The zero-order chi connectivity index (χ0) is 22.6. The van der Waals surface area contributed by atoms with Crippen LogP contribution in [0, 0.1) is 0 Å². The molecule has 0 radical (unpaired) electrons. The molecule has 1 heterocycles. The molecule has 9 nitrogen and oxygen atoms in total. The lowest BCUT2D eigenvalue weighted by atomic mass is 10.1. The molecule has 0 aliphatic carbocycles. The maximum absolute atomic E-state index is 12.5. The first-order valence-electron chi connectivity index (χ1n) is 9.52. The summed E-state index contributed by atoms with van der Waals surface area (Å²) in [7, 11) is -5.57. The van der Waals surface area contributed by atoms with Crippen LogP contribution >= 0.6 is 0 Å². The predicted octanol–water partition coefficient (Wildman–Crippen LogP) is 0.442. The summed E-state index contributed by atoms with van der Waals surface area (Å²) in [5.74, 6) is -0.878. The topological polar surface area (TPSA) is 139 Å². The summed E-state index contributed by atoms with van der Waals surface area (Å²) < 4.78 is 50.4. The molecule has 3 rings (SSSR count). The molecule has 1 aliphatic rings. The predicted molar refractivity (Wildman–Crippen MR) is 115 cm³/mol. The fourth-order valence-corrected chi connectivity index (χ4v) is 6.26. The van der Waals surface area contributed by atoms with Gasteiger partial charge in [0.15, 0.2) is 9.84 Å². The van der Waals surface area contributed by atoms with Gasteiger partial charge in [-0.3, -0.25) is 9.59 Å². The van der Waals surface area contributed by atoms with Crippen LogP contribution in [-0.4, -0.2) is 53.2 Å². The highest BCUT2D eigenvalue weighted by atomic mass is 32.2. The minimum Gasteiger partial charge on any atom is -0.355 e. The Kier molecular flexibility index (Phi) is 6.77. The number of hydrogen-bond acceptors (Lipinski definition) is 6. The van der Waals surface area contributed by atoms with Crippen molar-refractivity contribution in [2.45, 2.75) is 23.9 Å². The number of carbonyl (C=O) groups excluding carboxylic acids is 2. The van der Waals surface area contributed by atoms with Gasteiger partial charge in [0, 0.05) is 30.8 Å². The number of sulfone groups is 1. The van der Waals surface area contributed by atoms with Crippen LogP contribution in [0.4, 0.5) is 0 Å². The van der Waals surface area contributed by atoms with Crippen LogP contribution in [0.25, 0.3) is 0 Å². The van der Waals surface area contributed by atoms with Crippen LogP contribution in [0.2, 0.25) is 0 Å². The molecule has 2 aromatic rings. The summed E-state index contributed by atoms with van der Waals surface area (Å²) in [6.45, 7) is 0.196. The lowest BCUT2D eigenvalue weighted by Gasteiger charge is -2.12. The van der Waals surface area contributed by atoms with Gasteiger partial charge in [0.25, 0.3) is 11.8 Å². The summed E-state index contributed by atoms with van der Waals surface area (Å²) in [4.78, 5) is 24.0. The monoisotopic (exact) mass is 465 g/mol. The van der Waals surface area contributed by atoms with Crippen LogP contribution in [-0.2, 0) is 26.4 Å². The Bertz CT molecular complexity index is 1190. The third-order valence-electron chi connectivity index (χ3n) is 4.85. The van der Waals surface area contributed by atoms with Crippen molar-refractivity contribution in [1.29, 1.82) is 0 Å². The highest BCUT2D eigenvalue weighted by molar-refractivity contribution is 7.92. The van der Waals surface area contributed by atoms with Crippen molar-refractivity contribution in [2.75, 3.05) is 18.6 Å². The number of benzene rings is 2. The van der Waals surface area contributed by atoms with Crippen molar-refractivity contribution in [3.63, 3.8) is 0 Å². The zero-order valence-electron chi connectivity index (χ0n) is 16.8. The molecule has 11 heteroatoms. The second kappa shape index (κ2) is 9.16. The Morgan fingerprint density at radius 1 is 1.03 bits per heavy atom.